The molecule has 0 saturated carbocycles. The quantitative estimate of drug-likeness (QED) is 0.706. The van der Waals surface area contributed by atoms with Crippen molar-refractivity contribution >= 4 is 5.82 Å². The van der Waals surface area contributed by atoms with Gasteiger partial charge in [0.15, 0.2) is 0 Å². The largest absolute Gasteiger partial charge is 0.353 e. The maximum atomic E-state index is 13.4. The molecule has 3 aromatic rings. The van der Waals surface area contributed by atoms with Gasteiger partial charge in [-0.2, -0.15) is 5.10 Å². The predicted molar refractivity (Wildman–Crippen MR) is 98.1 cm³/mol. The third-order valence-electron chi connectivity index (χ3n) is 4.65. The molecule has 6 nitrogen and oxygen atoms in total. The minimum absolute atomic E-state index is 0.532. The molecule has 140 valence electrons. The monoisotopic (exact) mass is 370 g/mol. The Hall–Kier alpha value is -2.87. The molecular weight excluding hydrogens is 350 g/mol. The average Bonchev–Trinajstić information content (AvgIpc) is 3.08. The maximum absolute atomic E-state index is 13.4. The van der Waals surface area contributed by atoms with Gasteiger partial charge in [-0.15, -0.1) is 0 Å². The lowest BCUT2D eigenvalue weighted by atomic mass is 10.2. The smallest absolute Gasteiger partial charge is 0.147 e. The average molecular weight is 370 g/mol. The summed E-state index contributed by atoms with van der Waals surface area (Å²) in [7, 11) is 1.87. The topological polar surface area (TPSA) is 50.1 Å². The summed E-state index contributed by atoms with van der Waals surface area (Å²) in [6, 6.07) is 3.67. The first-order chi connectivity index (χ1) is 13.1. The van der Waals surface area contributed by atoms with Crippen molar-refractivity contribution in [3.63, 3.8) is 0 Å². The molecule has 0 radical (unpaired) electrons. The van der Waals surface area contributed by atoms with Crippen molar-refractivity contribution < 1.29 is 8.78 Å². The lowest BCUT2D eigenvalue weighted by Crippen LogP contribution is -2.46. The highest BCUT2D eigenvalue weighted by Gasteiger charge is 2.19. The van der Waals surface area contributed by atoms with Crippen LogP contribution in [0.15, 0.2) is 43.0 Å². The van der Waals surface area contributed by atoms with Crippen molar-refractivity contribution in [3.05, 3.63) is 60.2 Å². The number of halogens is 2. The van der Waals surface area contributed by atoms with E-state index in [2.05, 4.69) is 19.9 Å². The van der Waals surface area contributed by atoms with E-state index in [0.29, 0.717) is 12.1 Å². The molecule has 0 atom stereocenters. The second kappa shape index (κ2) is 7.40. The van der Waals surface area contributed by atoms with E-state index in [-0.39, 0.29) is 0 Å². The summed E-state index contributed by atoms with van der Waals surface area (Å²) >= 11 is 0. The molecule has 4 rings (SSSR count). The van der Waals surface area contributed by atoms with Crippen LogP contribution in [-0.4, -0.2) is 50.8 Å². The molecule has 27 heavy (non-hydrogen) atoms. The van der Waals surface area contributed by atoms with E-state index in [0.717, 1.165) is 49.3 Å². The zero-order valence-electron chi connectivity index (χ0n) is 15.0. The highest BCUT2D eigenvalue weighted by molar-refractivity contribution is 5.58. The zero-order valence-corrected chi connectivity index (χ0v) is 15.0. The van der Waals surface area contributed by atoms with E-state index >= 15 is 0 Å². The van der Waals surface area contributed by atoms with E-state index in [4.69, 9.17) is 4.98 Å². The van der Waals surface area contributed by atoms with Crippen LogP contribution in [0, 0.1) is 11.6 Å². The van der Waals surface area contributed by atoms with Gasteiger partial charge in [0.2, 0.25) is 0 Å². The van der Waals surface area contributed by atoms with Gasteiger partial charge >= 0.3 is 0 Å². The lowest BCUT2D eigenvalue weighted by Gasteiger charge is -2.35. The van der Waals surface area contributed by atoms with Crippen LogP contribution in [0.2, 0.25) is 0 Å². The highest BCUT2D eigenvalue weighted by atomic mass is 19.1. The minimum Gasteiger partial charge on any atom is -0.353 e. The van der Waals surface area contributed by atoms with Gasteiger partial charge in [-0.25, -0.2) is 13.8 Å². The summed E-state index contributed by atoms with van der Waals surface area (Å²) in [5, 5.41) is 4.17. The Morgan fingerprint density at radius 3 is 2.37 bits per heavy atom. The van der Waals surface area contributed by atoms with Gasteiger partial charge in [0, 0.05) is 57.6 Å². The van der Waals surface area contributed by atoms with E-state index in [1.165, 1.54) is 12.1 Å². The van der Waals surface area contributed by atoms with Gasteiger partial charge in [0.05, 0.1) is 24.3 Å². The van der Waals surface area contributed by atoms with E-state index < -0.39 is 11.6 Å². The van der Waals surface area contributed by atoms with E-state index in [9.17, 15) is 8.78 Å². The molecule has 0 N–H and O–H groups in total. The molecule has 1 aliphatic heterocycles. The van der Waals surface area contributed by atoms with Crippen molar-refractivity contribution in [1.82, 2.24) is 24.6 Å². The van der Waals surface area contributed by atoms with Gasteiger partial charge in [0.1, 0.15) is 17.5 Å². The van der Waals surface area contributed by atoms with Crippen LogP contribution < -0.4 is 4.90 Å². The molecule has 0 unspecified atom stereocenters. The fourth-order valence-electron chi connectivity index (χ4n) is 3.30. The SMILES string of the molecule is Cn1cc(-c2cncc(N3CCN(Cc4cc(F)cc(F)c4)CC3)n2)cn1. The summed E-state index contributed by atoms with van der Waals surface area (Å²) in [4.78, 5) is 13.4. The van der Waals surface area contributed by atoms with Crippen LogP contribution >= 0.6 is 0 Å². The van der Waals surface area contributed by atoms with Crippen LogP contribution in [0.4, 0.5) is 14.6 Å². The van der Waals surface area contributed by atoms with Crippen molar-refractivity contribution in [2.24, 2.45) is 7.05 Å². The number of piperazine rings is 1. The van der Waals surface area contributed by atoms with Crippen molar-refractivity contribution in [1.29, 1.82) is 0 Å². The number of benzene rings is 1. The second-order valence-corrected chi connectivity index (χ2v) is 6.71. The van der Waals surface area contributed by atoms with Gasteiger partial charge in [-0.05, 0) is 17.7 Å². The summed E-state index contributed by atoms with van der Waals surface area (Å²) in [5.41, 5.74) is 2.37. The second-order valence-electron chi connectivity index (χ2n) is 6.71. The summed E-state index contributed by atoms with van der Waals surface area (Å²) in [6.07, 6.45) is 7.17. The van der Waals surface area contributed by atoms with Gasteiger partial charge in [-0.1, -0.05) is 0 Å². The molecule has 1 aliphatic rings. The van der Waals surface area contributed by atoms with Crippen LogP contribution in [-0.2, 0) is 13.6 Å². The van der Waals surface area contributed by atoms with E-state index in [1.807, 2.05) is 13.2 Å². The lowest BCUT2D eigenvalue weighted by molar-refractivity contribution is 0.248. The molecule has 0 spiro atoms. The normalized spacial score (nSPS) is 15.3. The number of hydrogen-bond donors (Lipinski definition) is 0. The Balaban J connectivity index is 1.40. The van der Waals surface area contributed by atoms with Crippen molar-refractivity contribution in [2.75, 3.05) is 31.1 Å². The van der Waals surface area contributed by atoms with Gasteiger partial charge < -0.3 is 4.90 Å². The first-order valence-electron chi connectivity index (χ1n) is 8.80. The molecular formula is C19H20F2N6. The van der Waals surface area contributed by atoms with Crippen LogP contribution in [0.1, 0.15) is 5.56 Å². The number of anilines is 1. The minimum atomic E-state index is -0.536. The molecule has 1 fully saturated rings. The number of hydrogen-bond acceptors (Lipinski definition) is 5. The standard InChI is InChI=1S/C19H20F2N6/c1-25-13-15(9-23-25)18-10-22-11-19(24-18)27-4-2-26(3-5-27)12-14-6-16(20)8-17(21)7-14/h6-11,13H,2-5,12H2,1H3. The fraction of sp³-hybridized carbons (Fsp3) is 0.316. The van der Waals surface area contributed by atoms with Crippen molar-refractivity contribution in [3.8, 4) is 11.3 Å². The van der Waals surface area contributed by atoms with Crippen LogP contribution in [0.25, 0.3) is 11.3 Å². The molecule has 3 heterocycles. The molecule has 1 aromatic carbocycles. The Bertz CT molecular complexity index is 913. The fourth-order valence-corrected chi connectivity index (χ4v) is 3.30. The number of rotatable bonds is 4. The summed E-state index contributed by atoms with van der Waals surface area (Å²) in [5.74, 6) is -0.245. The van der Waals surface area contributed by atoms with Gasteiger partial charge in [-0.3, -0.25) is 14.6 Å². The van der Waals surface area contributed by atoms with Crippen molar-refractivity contribution in [2.45, 2.75) is 6.54 Å². The Kier molecular flexibility index (Phi) is 4.81. The molecule has 0 bridgehead atoms. The van der Waals surface area contributed by atoms with E-state index in [1.54, 1.807) is 23.3 Å². The summed E-state index contributed by atoms with van der Waals surface area (Å²) < 4.78 is 28.4. The number of nitrogens with zero attached hydrogens (tertiary/aromatic N) is 6. The molecule has 0 aliphatic carbocycles. The first kappa shape index (κ1) is 17.5. The third kappa shape index (κ3) is 4.11. The Morgan fingerprint density at radius 2 is 1.70 bits per heavy atom. The molecule has 8 heteroatoms. The van der Waals surface area contributed by atoms with Gasteiger partial charge in [0.25, 0.3) is 0 Å². The zero-order chi connectivity index (χ0) is 18.8. The Morgan fingerprint density at radius 1 is 0.963 bits per heavy atom. The van der Waals surface area contributed by atoms with Crippen LogP contribution in [0.5, 0.6) is 0 Å². The maximum Gasteiger partial charge on any atom is 0.147 e. The predicted octanol–water partition coefficient (Wildman–Crippen LogP) is 2.48. The number of aromatic nitrogens is 4. The highest BCUT2D eigenvalue weighted by Crippen LogP contribution is 2.20. The third-order valence-corrected chi connectivity index (χ3v) is 4.65. The molecule has 1 saturated heterocycles. The Labute approximate surface area is 156 Å². The summed E-state index contributed by atoms with van der Waals surface area (Å²) in [6.45, 7) is 3.67. The first-order valence-corrected chi connectivity index (χ1v) is 8.80. The molecule has 2 aromatic heterocycles. The molecule has 0 amide bonds. The number of aryl methyl sites for hydroxylation is 1. The van der Waals surface area contributed by atoms with Crippen LogP contribution in [0.3, 0.4) is 0 Å².